The maximum atomic E-state index is 10.5. The summed E-state index contributed by atoms with van der Waals surface area (Å²) in [6, 6.07) is 0. The van der Waals surface area contributed by atoms with Crippen LogP contribution in [0.4, 0.5) is 0 Å². The van der Waals surface area contributed by atoms with Crippen molar-refractivity contribution in [3.05, 3.63) is 23.4 Å². The zero-order valence-corrected chi connectivity index (χ0v) is 20.9. The van der Waals surface area contributed by atoms with Crippen LogP contribution in [0.15, 0.2) is 16.2 Å². The average Bonchev–Trinajstić information content (AvgIpc) is 3.40. The second-order valence-corrected chi connectivity index (χ2v) is 10.4. The molecule has 1 aromatic rings. The molecule has 5 N–H and O–H groups in total. The number of hydrogen-bond acceptors (Lipinski definition) is 7. The van der Waals surface area contributed by atoms with Gasteiger partial charge in [0.1, 0.15) is 0 Å². The van der Waals surface area contributed by atoms with Gasteiger partial charge in [0.2, 0.25) is 5.89 Å². The summed E-state index contributed by atoms with van der Waals surface area (Å²) in [5, 5.41) is 30.4. The van der Waals surface area contributed by atoms with Crippen LogP contribution in [0.2, 0.25) is 0 Å². The normalized spacial score (nSPS) is 36.8. The van der Waals surface area contributed by atoms with Gasteiger partial charge in [-0.25, -0.2) is 0 Å². The van der Waals surface area contributed by atoms with Gasteiger partial charge in [0.25, 0.3) is 0 Å². The number of allylic oxidation sites excluding steroid dienone is 2. The second-order valence-electron chi connectivity index (χ2n) is 10.4. The molecule has 186 valence electrons. The number of nitrogens with one attached hydrogen (secondary N) is 1. The van der Waals surface area contributed by atoms with Crippen molar-refractivity contribution in [2.24, 2.45) is 34.3 Å². The molecule has 0 amide bonds. The molecular weight excluding hydrogens is 416 g/mol. The minimum atomic E-state index is -0.0623. The van der Waals surface area contributed by atoms with Crippen LogP contribution in [0.1, 0.15) is 90.8 Å². The molecule has 3 unspecified atom stereocenters. The molecule has 0 aliphatic heterocycles. The number of nitrogens with zero attached hydrogens (tertiary/aromatic N) is 2. The van der Waals surface area contributed by atoms with E-state index in [1.165, 1.54) is 38.5 Å². The Hall–Kier alpha value is -1.57. The SMILES string of the molecule is CC.C[C@]12CCC(=N)C=C1CCC1C2CC[C@@]2(C)C1CC[C@@H]2O.NCc1noc(CCO)n1. The van der Waals surface area contributed by atoms with Gasteiger partial charge in [0.05, 0.1) is 25.7 Å². The fraction of sp³-hybridized carbons (Fsp3) is 0.808. The lowest BCUT2D eigenvalue weighted by atomic mass is 9.47. The molecule has 1 heterocycles. The highest BCUT2D eigenvalue weighted by Gasteiger charge is 2.58. The number of fused-ring (bicyclic) bond motifs is 5. The third kappa shape index (κ3) is 4.96. The molecule has 7 nitrogen and oxygen atoms in total. The molecule has 0 saturated heterocycles. The van der Waals surface area contributed by atoms with Gasteiger partial charge in [-0.05, 0) is 86.0 Å². The Morgan fingerprint density at radius 2 is 1.88 bits per heavy atom. The van der Waals surface area contributed by atoms with Gasteiger partial charge < -0.3 is 25.9 Å². The van der Waals surface area contributed by atoms with Crippen molar-refractivity contribution in [3.8, 4) is 0 Å². The highest BCUT2D eigenvalue weighted by molar-refractivity contribution is 5.94. The molecule has 0 spiro atoms. The summed E-state index contributed by atoms with van der Waals surface area (Å²) < 4.78 is 4.69. The summed E-state index contributed by atoms with van der Waals surface area (Å²) in [6.07, 6.45) is 11.9. The van der Waals surface area contributed by atoms with E-state index in [9.17, 15) is 5.11 Å². The molecule has 33 heavy (non-hydrogen) atoms. The monoisotopic (exact) mass is 460 g/mol. The molecule has 4 aliphatic carbocycles. The summed E-state index contributed by atoms with van der Waals surface area (Å²) in [5.41, 5.74) is 8.17. The largest absolute Gasteiger partial charge is 0.396 e. The Kier molecular flexibility index (Phi) is 8.51. The fourth-order valence-corrected chi connectivity index (χ4v) is 7.13. The summed E-state index contributed by atoms with van der Waals surface area (Å²) in [6.45, 7) is 9.13. The Morgan fingerprint density at radius 3 is 2.55 bits per heavy atom. The molecular formula is C26H44N4O3. The van der Waals surface area contributed by atoms with Crippen LogP contribution in [0.5, 0.6) is 0 Å². The Labute approximate surface area is 198 Å². The number of rotatable bonds is 3. The maximum Gasteiger partial charge on any atom is 0.229 e. The first-order chi connectivity index (χ1) is 15.8. The van der Waals surface area contributed by atoms with Gasteiger partial charge in [0, 0.05) is 5.71 Å². The molecule has 4 aliphatic rings. The fourth-order valence-electron chi connectivity index (χ4n) is 7.13. The van der Waals surface area contributed by atoms with E-state index in [0.29, 0.717) is 23.6 Å². The summed E-state index contributed by atoms with van der Waals surface area (Å²) >= 11 is 0. The van der Waals surface area contributed by atoms with E-state index in [1.54, 1.807) is 5.57 Å². The van der Waals surface area contributed by atoms with E-state index in [4.69, 9.17) is 20.8 Å². The predicted molar refractivity (Wildman–Crippen MR) is 130 cm³/mol. The van der Waals surface area contributed by atoms with Gasteiger partial charge in [-0.15, -0.1) is 0 Å². The Morgan fingerprint density at radius 1 is 1.12 bits per heavy atom. The highest BCUT2D eigenvalue weighted by atomic mass is 16.5. The molecule has 7 heteroatoms. The number of hydrogen-bond donors (Lipinski definition) is 4. The second kappa shape index (κ2) is 10.8. The van der Waals surface area contributed by atoms with Crippen LogP contribution in [-0.2, 0) is 13.0 Å². The lowest BCUT2D eigenvalue weighted by Crippen LogP contribution is -2.51. The van der Waals surface area contributed by atoms with Crippen molar-refractivity contribution in [1.82, 2.24) is 10.1 Å². The van der Waals surface area contributed by atoms with Crippen LogP contribution in [0, 0.1) is 34.0 Å². The first-order valence-electron chi connectivity index (χ1n) is 12.9. The Bertz CT molecular complexity index is 837. The van der Waals surface area contributed by atoms with Crippen LogP contribution in [0.3, 0.4) is 0 Å². The summed E-state index contributed by atoms with van der Waals surface area (Å²) in [7, 11) is 0. The summed E-state index contributed by atoms with van der Waals surface area (Å²) in [4.78, 5) is 3.86. The van der Waals surface area contributed by atoms with E-state index in [-0.39, 0.29) is 24.7 Å². The van der Waals surface area contributed by atoms with E-state index in [0.717, 1.165) is 36.3 Å². The predicted octanol–water partition coefficient (Wildman–Crippen LogP) is 4.42. The number of aliphatic hydroxyl groups is 2. The minimum Gasteiger partial charge on any atom is -0.396 e. The van der Waals surface area contributed by atoms with Crippen LogP contribution < -0.4 is 5.73 Å². The molecule has 6 atom stereocenters. The zero-order valence-electron chi connectivity index (χ0n) is 20.9. The number of aromatic nitrogens is 2. The zero-order chi connectivity index (χ0) is 24.2. The van der Waals surface area contributed by atoms with Crippen molar-refractivity contribution in [2.45, 2.75) is 98.1 Å². The lowest BCUT2D eigenvalue weighted by Gasteiger charge is -2.57. The first kappa shape index (κ1) is 26.0. The Balaban J connectivity index is 0.000000216. The van der Waals surface area contributed by atoms with Gasteiger partial charge in [-0.1, -0.05) is 38.4 Å². The molecule has 0 bridgehead atoms. The average molecular weight is 461 g/mol. The highest BCUT2D eigenvalue weighted by Crippen LogP contribution is 2.65. The van der Waals surface area contributed by atoms with Crippen LogP contribution >= 0.6 is 0 Å². The number of nitrogens with two attached hydrogens (primary N) is 1. The van der Waals surface area contributed by atoms with Gasteiger partial charge in [-0.2, -0.15) is 4.98 Å². The van der Waals surface area contributed by atoms with Gasteiger partial charge in [-0.3, -0.25) is 0 Å². The van der Waals surface area contributed by atoms with Crippen molar-refractivity contribution < 1.29 is 14.7 Å². The molecule has 3 fully saturated rings. The third-order valence-electron chi connectivity index (χ3n) is 8.97. The molecule has 0 radical (unpaired) electrons. The van der Waals surface area contributed by atoms with Crippen LogP contribution in [-0.4, -0.2) is 38.8 Å². The first-order valence-corrected chi connectivity index (χ1v) is 12.9. The van der Waals surface area contributed by atoms with E-state index >= 15 is 0 Å². The van der Waals surface area contributed by atoms with Crippen molar-refractivity contribution in [1.29, 1.82) is 5.41 Å². The van der Waals surface area contributed by atoms with Crippen LogP contribution in [0.25, 0.3) is 0 Å². The van der Waals surface area contributed by atoms with E-state index < -0.39 is 0 Å². The third-order valence-corrected chi connectivity index (χ3v) is 8.97. The molecule has 5 rings (SSSR count). The standard InChI is InChI=1S/C19H29NO.C5H9N3O2.C2H6/c1-18-9-7-13(20)11-12(18)3-4-14-15-5-6-17(21)19(15,2)10-8-16(14)18;6-3-4-7-5(1-2-9)10-8-4;1-2/h11,14-17,20-21H,3-10H2,1-2H3;9H,1-3,6H2;1-2H3/t14?,15?,16?,17-,18-,19-;;/m0../s1. The molecule has 0 aromatic carbocycles. The lowest BCUT2D eigenvalue weighted by molar-refractivity contribution is -0.0721. The van der Waals surface area contributed by atoms with Crippen molar-refractivity contribution in [3.63, 3.8) is 0 Å². The molecule has 3 saturated carbocycles. The molecule has 1 aromatic heterocycles. The smallest absolute Gasteiger partial charge is 0.229 e. The number of aliphatic hydroxyl groups excluding tert-OH is 2. The van der Waals surface area contributed by atoms with E-state index in [2.05, 4.69) is 30.1 Å². The quantitative estimate of drug-likeness (QED) is 0.528. The summed E-state index contributed by atoms with van der Waals surface area (Å²) in [5.74, 6) is 3.27. The van der Waals surface area contributed by atoms with Gasteiger partial charge in [0.15, 0.2) is 5.82 Å². The van der Waals surface area contributed by atoms with E-state index in [1.807, 2.05) is 13.8 Å². The topological polar surface area (TPSA) is 129 Å². The van der Waals surface area contributed by atoms with Crippen molar-refractivity contribution >= 4 is 5.71 Å². The maximum absolute atomic E-state index is 10.5. The minimum absolute atomic E-state index is 0.0200. The van der Waals surface area contributed by atoms with Gasteiger partial charge >= 0.3 is 0 Å². The van der Waals surface area contributed by atoms with Crippen molar-refractivity contribution in [2.75, 3.05) is 6.61 Å².